The summed E-state index contributed by atoms with van der Waals surface area (Å²) in [4.78, 5) is 47.3. The van der Waals surface area contributed by atoms with Crippen LogP contribution in [-0.4, -0.2) is 82.6 Å². The van der Waals surface area contributed by atoms with Gasteiger partial charge >= 0.3 is 5.97 Å². The first-order chi connectivity index (χ1) is 22.7. The van der Waals surface area contributed by atoms with Crippen LogP contribution < -0.4 is 27.6 Å². The number of carbonyl (C=O) groups is 4. The van der Waals surface area contributed by atoms with Crippen molar-refractivity contribution in [2.75, 3.05) is 7.11 Å². The first-order valence-corrected chi connectivity index (χ1v) is 14.4. The van der Waals surface area contributed by atoms with E-state index in [0.717, 1.165) is 0 Å². The molecule has 0 saturated heterocycles. The van der Waals surface area contributed by atoms with Crippen LogP contribution in [-0.2, 0) is 14.3 Å². The molecule has 0 radical (unpaired) electrons. The quantitative estimate of drug-likeness (QED) is 0.0780. The molecule has 6 atom stereocenters. The SMILES string of the molecule is COC(=O)[C@@H](NC(=O)c1ccc(C#CC#C[C@H](C)O)cc1)[C@@H](C)N.C[C@H](O)C#CC#Cc1ccc(C(=O)N[C@H](C(=O)NO)[C@@H](C)N)cc1. The number of nitrogens with two attached hydrogens (primary N) is 2. The molecule has 2 rings (SSSR count). The van der Waals surface area contributed by atoms with E-state index in [1.54, 1.807) is 50.2 Å². The second-order valence-corrected chi connectivity index (χ2v) is 10.2. The van der Waals surface area contributed by atoms with Gasteiger partial charge in [-0.25, -0.2) is 10.3 Å². The molecule has 252 valence electrons. The van der Waals surface area contributed by atoms with Crippen LogP contribution in [0, 0.1) is 47.4 Å². The number of rotatable bonds is 8. The number of ether oxygens (including phenoxy) is 1. The van der Waals surface area contributed by atoms with E-state index in [1.165, 1.54) is 38.6 Å². The van der Waals surface area contributed by atoms with Gasteiger partial charge in [-0.15, -0.1) is 0 Å². The molecule has 0 aromatic heterocycles. The van der Waals surface area contributed by atoms with Crippen LogP contribution in [0.2, 0.25) is 0 Å². The predicted octanol–water partition coefficient (Wildman–Crippen LogP) is -0.586. The summed E-state index contributed by atoms with van der Waals surface area (Å²) in [7, 11) is 1.23. The number of carbonyl (C=O) groups excluding carboxylic acids is 4. The lowest BCUT2D eigenvalue weighted by Crippen LogP contribution is -2.54. The third-order valence-electron chi connectivity index (χ3n) is 5.87. The number of hydroxylamine groups is 1. The van der Waals surface area contributed by atoms with E-state index in [2.05, 4.69) is 62.7 Å². The zero-order chi connectivity index (χ0) is 36.2. The Morgan fingerprint density at radius 2 is 1.04 bits per heavy atom. The summed E-state index contributed by atoms with van der Waals surface area (Å²) in [6.45, 7) is 6.22. The lowest BCUT2D eigenvalue weighted by atomic mass is 10.1. The summed E-state index contributed by atoms with van der Waals surface area (Å²) in [6, 6.07) is 9.56. The zero-order valence-electron chi connectivity index (χ0n) is 27.1. The Balaban J connectivity index is 0.000000480. The molecule has 0 aliphatic heterocycles. The minimum Gasteiger partial charge on any atom is -0.467 e. The molecule has 0 saturated carbocycles. The minimum atomic E-state index is -1.06. The Hall–Kier alpha value is -5.64. The number of benzene rings is 2. The number of aliphatic hydroxyl groups is 2. The lowest BCUT2D eigenvalue weighted by Gasteiger charge is -2.19. The van der Waals surface area contributed by atoms with Crippen molar-refractivity contribution in [3.05, 3.63) is 70.8 Å². The highest BCUT2D eigenvalue weighted by Gasteiger charge is 2.26. The van der Waals surface area contributed by atoms with E-state index in [9.17, 15) is 19.2 Å². The normalized spacial score (nSPS) is 13.2. The van der Waals surface area contributed by atoms with Gasteiger partial charge in [-0.2, -0.15) is 0 Å². The van der Waals surface area contributed by atoms with Crippen molar-refractivity contribution in [2.45, 2.75) is 64.1 Å². The number of methoxy groups -OCH3 is 1. The number of aliphatic hydroxyl groups excluding tert-OH is 2. The maximum atomic E-state index is 12.2. The molecule has 2 aromatic rings. The van der Waals surface area contributed by atoms with Gasteiger partial charge in [0.05, 0.1) is 7.11 Å². The van der Waals surface area contributed by atoms with Gasteiger partial charge in [0.25, 0.3) is 17.7 Å². The molecule has 0 spiro atoms. The number of esters is 1. The Bertz CT molecular complexity index is 1530. The standard InChI is InChI=1S/C18H20N2O4.C17H19N3O4/c1-12(21)6-4-5-7-14-8-10-15(11-9-14)17(22)20-16(13(2)19)18(23)24-3;1-11(21)5-3-4-6-13-7-9-14(10-8-13)16(22)19-15(12(2)18)17(23)20-24/h8-13,16,21H,19H2,1-3H3,(H,20,22);7-12,15,21,24H,18H2,1-2H3,(H,19,22)(H,20,23)/t12-,13+,16-;11-,12+,15-/m00/s1. The second kappa shape index (κ2) is 21.2. The summed E-state index contributed by atoms with van der Waals surface area (Å²) in [5.41, 5.74) is 14.8. The monoisotopic (exact) mass is 657 g/mol. The van der Waals surface area contributed by atoms with Gasteiger partial charge in [-0.3, -0.25) is 19.6 Å². The third kappa shape index (κ3) is 15.1. The summed E-state index contributed by atoms with van der Waals surface area (Å²) < 4.78 is 4.62. The van der Waals surface area contributed by atoms with Gasteiger partial charge in [-0.1, -0.05) is 23.7 Å². The molecule has 13 heteroatoms. The molecule has 10 N–H and O–H groups in total. The van der Waals surface area contributed by atoms with E-state index in [4.69, 9.17) is 26.9 Å². The number of hydrogen-bond donors (Lipinski definition) is 8. The van der Waals surface area contributed by atoms with E-state index in [-0.39, 0.29) is 0 Å². The summed E-state index contributed by atoms with van der Waals surface area (Å²) in [6.07, 6.45) is -1.46. The molecule has 0 bridgehead atoms. The molecular formula is C35H39N5O8. The van der Waals surface area contributed by atoms with Crippen LogP contribution in [0.3, 0.4) is 0 Å². The van der Waals surface area contributed by atoms with Gasteiger partial charge in [0, 0.05) is 34.3 Å². The average Bonchev–Trinajstić information content (AvgIpc) is 3.05. The lowest BCUT2D eigenvalue weighted by molar-refractivity contribution is -0.143. The maximum Gasteiger partial charge on any atom is 0.329 e. The molecule has 3 amide bonds. The molecule has 48 heavy (non-hydrogen) atoms. The van der Waals surface area contributed by atoms with E-state index in [0.29, 0.717) is 22.3 Å². The van der Waals surface area contributed by atoms with Crippen LogP contribution in [0.4, 0.5) is 0 Å². The van der Waals surface area contributed by atoms with Gasteiger partial charge in [-0.05, 0) is 99.9 Å². The Morgan fingerprint density at radius 1 is 0.667 bits per heavy atom. The largest absolute Gasteiger partial charge is 0.467 e. The molecule has 0 unspecified atom stereocenters. The molecule has 0 fully saturated rings. The van der Waals surface area contributed by atoms with E-state index < -0.39 is 60.1 Å². The van der Waals surface area contributed by atoms with Crippen LogP contribution in [0.15, 0.2) is 48.5 Å². The number of nitrogens with one attached hydrogen (secondary N) is 3. The molecule has 0 aliphatic rings. The molecular weight excluding hydrogens is 618 g/mol. The highest BCUT2D eigenvalue weighted by atomic mass is 16.5. The van der Waals surface area contributed by atoms with E-state index in [1.807, 2.05) is 0 Å². The Morgan fingerprint density at radius 3 is 1.35 bits per heavy atom. The van der Waals surface area contributed by atoms with E-state index >= 15 is 0 Å². The molecule has 0 heterocycles. The van der Waals surface area contributed by atoms with Gasteiger partial charge in [0.1, 0.15) is 24.3 Å². The third-order valence-corrected chi connectivity index (χ3v) is 5.87. The van der Waals surface area contributed by atoms with Crippen molar-refractivity contribution in [2.24, 2.45) is 11.5 Å². The fourth-order valence-corrected chi connectivity index (χ4v) is 3.38. The zero-order valence-corrected chi connectivity index (χ0v) is 27.1. The molecule has 0 aliphatic carbocycles. The average molecular weight is 658 g/mol. The number of hydrogen-bond acceptors (Lipinski definition) is 10. The van der Waals surface area contributed by atoms with Gasteiger partial charge in [0.2, 0.25) is 0 Å². The van der Waals surface area contributed by atoms with Crippen molar-refractivity contribution in [1.82, 2.24) is 16.1 Å². The smallest absolute Gasteiger partial charge is 0.329 e. The first kappa shape index (κ1) is 40.4. The molecule has 13 nitrogen and oxygen atoms in total. The highest BCUT2D eigenvalue weighted by molar-refractivity contribution is 5.98. The number of amides is 3. The van der Waals surface area contributed by atoms with Crippen molar-refractivity contribution in [3.8, 4) is 47.4 Å². The summed E-state index contributed by atoms with van der Waals surface area (Å²) in [5.74, 6) is 18.4. The van der Waals surface area contributed by atoms with Crippen molar-refractivity contribution < 1.29 is 39.3 Å². The Kier molecular flexibility index (Phi) is 17.8. The summed E-state index contributed by atoms with van der Waals surface area (Å²) >= 11 is 0. The van der Waals surface area contributed by atoms with Crippen LogP contribution >= 0.6 is 0 Å². The summed E-state index contributed by atoms with van der Waals surface area (Å²) in [5, 5.41) is 31.6. The van der Waals surface area contributed by atoms with Crippen molar-refractivity contribution in [3.63, 3.8) is 0 Å². The van der Waals surface area contributed by atoms with Crippen LogP contribution in [0.5, 0.6) is 0 Å². The van der Waals surface area contributed by atoms with Crippen LogP contribution in [0.1, 0.15) is 59.5 Å². The molecule has 2 aromatic carbocycles. The fourth-order valence-electron chi connectivity index (χ4n) is 3.38. The fraction of sp³-hybridized carbons (Fsp3) is 0.314. The maximum absolute atomic E-state index is 12.2. The van der Waals surface area contributed by atoms with Crippen molar-refractivity contribution >= 4 is 23.7 Å². The van der Waals surface area contributed by atoms with Gasteiger partial charge < -0.3 is 37.1 Å². The van der Waals surface area contributed by atoms with Gasteiger partial charge in [0.15, 0.2) is 0 Å². The first-order valence-electron chi connectivity index (χ1n) is 14.4. The Labute approximate surface area is 279 Å². The minimum absolute atomic E-state index is 0.312. The van der Waals surface area contributed by atoms with Crippen molar-refractivity contribution in [1.29, 1.82) is 0 Å². The second-order valence-electron chi connectivity index (χ2n) is 10.2. The highest BCUT2D eigenvalue weighted by Crippen LogP contribution is 2.06. The predicted molar refractivity (Wildman–Crippen MR) is 177 cm³/mol. The topological polar surface area (TPSA) is 226 Å². The van der Waals surface area contributed by atoms with Crippen LogP contribution in [0.25, 0.3) is 0 Å².